The van der Waals surface area contributed by atoms with Crippen molar-refractivity contribution in [2.24, 2.45) is 5.92 Å². The van der Waals surface area contributed by atoms with Gasteiger partial charge >= 0.3 is 0 Å². The van der Waals surface area contributed by atoms with Crippen molar-refractivity contribution in [2.75, 3.05) is 18.2 Å². The first-order valence-electron chi connectivity index (χ1n) is 11.2. The number of hydrogen-bond acceptors (Lipinski definition) is 6. The first-order valence-corrected chi connectivity index (χ1v) is 12.2. The second-order valence-electron chi connectivity index (χ2n) is 8.18. The second kappa shape index (κ2) is 11.7. The van der Waals surface area contributed by atoms with Crippen molar-refractivity contribution >= 4 is 29.3 Å². The minimum Gasteiger partial charge on any atom is -0.495 e. The number of amides is 2. The van der Waals surface area contributed by atoms with Crippen molar-refractivity contribution in [1.29, 1.82) is 0 Å². The molecule has 0 aliphatic carbocycles. The third-order valence-corrected chi connectivity index (χ3v) is 6.29. The predicted molar refractivity (Wildman–Crippen MR) is 134 cm³/mol. The molecular formula is C25H31N5O3S. The lowest BCUT2D eigenvalue weighted by Crippen LogP contribution is -2.33. The number of rotatable bonds is 10. The number of anilines is 1. The Morgan fingerprint density at radius 1 is 1.09 bits per heavy atom. The SMILES string of the molecule is CCn1c(SCC(=O)Nc2ccccc2OC)nnc1[C@@H](NC(=O)c1ccc(C)cc1)C(C)C. The molecule has 0 spiro atoms. The van der Waals surface area contributed by atoms with Gasteiger partial charge in [0.2, 0.25) is 5.91 Å². The monoisotopic (exact) mass is 481 g/mol. The number of para-hydroxylation sites is 2. The van der Waals surface area contributed by atoms with Crippen molar-refractivity contribution in [3.63, 3.8) is 0 Å². The van der Waals surface area contributed by atoms with Crippen LogP contribution in [0.15, 0.2) is 53.7 Å². The Kier molecular flexibility index (Phi) is 8.70. The molecule has 0 unspecified atom stereocenters. The topological polar surface area (TPSA) is 98.1 Å². The molecule has 34 heavy (non-hydrogen) atoms. The number of ether oxygens (including phenoxy) is 1. The van der Waals surface area contributed by atoms with Crippen molar-refractivity contribution in [3.05, 3.63) is 65.5 Å². The summed E-state index contributed by atoms with van der Waals surface area (Å²) >= 11 is 1.30. The lowest BCUT2D eigenvalue weighted by Gasteiger charge is -2.22. The van der Waals surface area contributed by atoms with E-state index in [9.17, 15) is 9.59 Å². The summed E-state index contributed by atoms with van der Waals surface area (Å²) in [5.41, 5.74) is 2.31. The van der Waals surface area contributed by atoms with Gasteiger partial charge in [0.25, 0.3) is 5.91 Å². The number of aromatic nitrogens is 3. The maximum atomic E-state index is 12.9. The molecule has 9 heteroatoms. The second-order valence-corrected chi connectivity index (χ2v) is 9.13. The number of hydrogen-bond donors (Lipinski definition) is 2. The summed E-state index contributed by atoms with van der Waals surface area (Å²) in [6.07, 6.45) is 0. The van der Waals surface area contributed by atoms with Gasteiger partial charge in [0.05, 0.1) is 24.6 Å². The van der Waals surface area contributed by atoms with E-state index in [0.717, 1.165) is 5.56 Å². The fraction of sp³-hybridized carbons (Fsp3) is 0.360. The maximum absolute atomic E-state index is 12.9. The van der Waals surface area contributed by atoms with Crippen molar-refractivity contribution in [1.82, 2.24) is 20.1 Å². The first kappa shape index (κ1) is 25.3. The van der Waals surface area contributed by atoms with Crippen LogP contribution in [0.25, 0.3) is 0 Å². The number of benzene rings is 2. The van der Waals surface area contributed by atoms with E-state index in [0.29, 0.717) is 34.5 Å². The van der Waals surface area contributed by atoms with E-state index in [-0.39, 0.29) is 29.5 Å². The number of thioether (sulfide) groups is 1. The fourth-order valence-electron chi connectivity index (χ4n) is 3.46. The molecule has 0 radical (unpaired) electrons. The summed E-state index contributed by atoms with van der Waals surface area (Å²) in [6, 6.07) is 14.4. The minimum atomic E-state index is -0.321. The quantitative estimate of drug-likeness (QED) is 0.415. The average molecular weight is 482 g/mol. The van der Waals surface area contributed by atoms with Crippen LogP contribution in [-0.4, -0.2) is 39.4 Å². The molecular weight excluding hydrogens is 450 g/mol. The molecule has 0 aliphatic rings. The molecule has 0 fully saturated rings. The molecule has 0 bridgehead atoms. The molecule has 2 N–H and O–H groups in total. The van der Waals surface area contributed by atoms with Crippen LogP contribution in [0.1, 0.15) is 48.6 Å². The number of aryl methyl sites for hydroxylation is 1. The zero-order chi connectivity index (χ0) is 24.7. The smallest absolute Gasteiger partial charge is 0.251 e. The first-order chi connectivity index (χ1) is 16.3. The number of carbonyl (C=O) groups is 2. The van der Waals surface area contributed by atoms with Crippen LogP contribution < -0.4 is 15.4 Å². The zero-order valence-electron chi connectivity index (χ0n) is 20.2. The van der Waals surface area contributed by atoms with Crippen LogP contribution in [-0.2, 0) is 11.3 Å². The summed E-state index contributed by atoms with van der Waals surface area (Å²) in [5, 5.41) is 15.3. The van der Waals surface area contributed by atoms with Crippen LogP contribution in [0.5, 0.6) is 5.75 Å². The highest BCUT2D eigenvalue weighted by molar-refractivity contribution is 7.99. The van der Waals surface area contributed by atoms with Gasteiger partial charge in [-0.1, -0.05) is 55.4 Å². The van der Waals surface area contributed by atoms with Gasteiger partial charge in [0.15, 0.2) is 11.0 Å². The number of nitrogens with zero attached hydrogens (tertiary/aromatic N) is 3. The largest absolute Gasteiger partial charge is 0.495 e. The summed E-state index contributed by atoms with van der Waals surface area (Å²) < 4.78 is 7.23. The van der Waals surface area contributed by atoms with Gasteiger partial charge in [-0.15, -0.1) is 10.2 Å². The van der Waals surface area contributed by atoms with E-state index < -0.39 is 0 Å². The lowest BCUT2D eigenvalue weighted by atomic mass is 10.0. The molecule has 180 valence electrons. The van der Waals surface area contributed by atoms with Gasteiger partial charge in [-0.3, -0.25) is 9.59 Å². The highest BCUT2D eigenvalue weighted by Gasteiger charge is 2.26. The van der Waals surface area contributed by atoms with Gasteiger partial charge in [0.1, 0.15) is 5.75 Å². The molecule has 1 atom stereocenters. The fourth-order valence-corrected chi connectivity index (χ4v) is 4.27. The molecule has 8 nitrogen and oxygen atoms in total. The van der Waals surface area contributed by atoms with E-state index in [1.165, 1.54) is 11.8 Å². The van der Waals surface area contributed by atoms with Gasteiger partial charge in [-0.05, 0) is 44.0 Å². The minimum absolute atomic E-state index is 0.0931. The van der Waals surface area contributed by atoms with Crippen molar-refractivity contribution in [3.8, 4) is 5.75 Å². The van der Waals surface area contributed by atoms with Gasteiger partial charge in [-0.25, -0.2) is 0 Å². The molecule has 3 aromatic rings. The van der Waals surface area contributed by atoms with E-state index in [1.807, 2.05) is 68.7 Å². The van der Waals surface area contributed by atoms with Crippen LogP contribution >= 0.6 is 11.8 Å². The van der Waals surface area contributed by atoms with Gasteiger partial charge < -0.3 is 19.9 Å². The Morgan fingerprint density at radius 2 is 1.79 bits per heavy atom. The molecule has 0 aliphatic heterocycles. The van der Waals surface area contributed by atoms with Crippen LogP contribution in [0.4, 0.5) is 5.69 Å². The van der Waals surface area contributed by atoms with E-state index in [2.05, 4.69) is 20.8 Å². The number of nitrogens with one attached hydrogen (secondary N) is 2. The highest BCUT2D eigenvalue weighted by atomic mass is 32.2. The van der Waals surface area contributed by atoms with Crippen LogP contribution in [0.3, 0.4) is 0 Å². The average Bonchev–Trinajstić information content (AvgIpc) is 3.24. The van der Waals surface area contributed by atoms with Crippen LogP contribution in [0.2, 0.25) is 0 Å². The predicted octanol–water partition coefficient (Wildman–Crippen LogP) is 4.47. The van der Waals surface area contributed by atoms with E-state index in [1.54, 1.807) is 19.2 Å². The van der Waals surface area contributed by atoms with Crippen LogP contribution in [0, 0.1) is 12.8 Å². The Balaban J connectivity index is 1.71. The summed E-state index contributed by atoms with van der Waals surface area (Å²) in [7, 11) is 1.56. The summed E-state index contributed by atoms with van der Waals surface area (Å²) in [5.74, 6) is 1.20. The summed E-state index contributed by atoms with van der Waals surface area (Å²) in [4.78, 5) is 25.4. The molecule has 3 rings (SSSR count). The molecule has 0 saturated heterocycles. The lowest BCUT2D eigenvalue weighted by molar-refractivity contribution is -0.113. The number of methoxy groups -OCH3 is 1. The maximum Gasteiger partial charge on any atom is 0.251 e. The normalized spacial score (nSPS) is 11.8. The number of carbonyl (C=O) groups excluding carboxylic acids is 2. The Bertz CT molecular complexity index is 1130. The summed E-state index contributed by atoms with van der Waals surface area (Å²) in [6.45, 7) is 8.65. The zero-order valence-corrected chi connectivity index (χ0v) is 21.0. The molecule has 1 heterocycles. The standard InChI is InChI=1S/C25H31N5O3S/c1-6-30-23(22(16(2)3)27-24(32)18-13-11-17(4)12-14-18)28-29-25(30)34-15-21(31)26-19-9-7-8-10-20(19)33-5/h7-14,16,22H,6,15H2,1-5H3,(H,26,31)(H,27,32)/t22-/m0/s1. The van der Waals surface area contributed by atoms with E-state index in [4.69, 9.17) is 4.74 Å². The molecule has 0 saturated carbocycles. The third-order valence-electron chi connectivity index (χ3n) is 5.32. The molecule has 1 aromatic heterocycles. The van der Waals surface area contributed by atoms with E-state index >= 15 is 0 Å². The highest BCUT2D eigenvalue weighted by Crippen LogP contribution is 2.27. The molecule has 2 amide bonds. The Morgan fingerprint density at radius 3 is 2.44 bits per heavy atom. The third kappa shape index (κ3) is 6.17. The van der Waals surface area contributed by atoms with Crippen molar-refractivity contribution in [2.45, 2.75) is 45.4 Å². The van der Waals surface area contributed by atoms with Gasteiger partial charge in [0, 0.05) is 12.1 Å². The van der Waals surface area contributed by atoms with Crippen molar-refractivity contribution < 1.29 is 14.3 Å². The Labute approximate surface area is 204 Å². The Hall–Kier alpha value is -3.33. The molecule has 2 aromatic carbocycles. The van der Waals surface area contributed by atoms with Gasteiger partial charge in [-0.2, -0.15) is 0 Å².